The van der Waals surface area contributed by atoms with Gasteiger partial charge in [0.15, 0.2) is 0 Å². The predicted octanol–water partition coefficient (Wildman–Crippen LogP) is 2.69. The fourth-order valence-electron chi connectivity index (χ4n) is 2.62. The van der Waals surface area contributed by atoms with Gasteiger partial charge in [0.25, 0.3) is 0 Å². The van der Waals surface area contributed by atoms with Gasteiger partial charge in [-0.15, -0.1) is 0 Å². The van der Waals surface area contributed by atoms with E-state index >= 15 is 0 Å². The minimum Gasteiger partial charge on any atom is -0.392 e. The molecule has 0 heterocycles. The first-order valence-corrected chi connectivity index (χ1v) is 6.53. The van der Waals surface area contributed by atoms with E-state index in [1.807, 2.05) is 0 Å². The molecule has 2 heteroatoms. The third-order valence-corrected chi connectivity index (χ3v) is 3.54. The van der Waals surface area contributed by atoms with E-state index in [0.717, 1.165) is 18.8 Å². The zero-order chi connectivity index (χ0) is 11.3. The first kappa shape index (κ1) is 13.0. The molecule has 0 aromatic carbocycles. The van der Waals surface area contributed by atoms with Crippen molar-refractivity contribution in [2.75, 3.05) is 0 Å². The molecule has 1 saturated carbocycles. The highest BCUT2D eigenvalue weighted by Gasteiger charge is 2.21. The number of aliphatic hydroxyl groups excluding tert-OH is 1. The van der Waals surface area contributed by atoms with Crippen LogP contribution < -0.4 is 5.73 Å². The van der Waals surface area contributed by atoms with Gasteiger partial charge in [0.1, 0.15) is 0 Å². The molecule has 1 rings (SSSR count). The van der Waals surface area contributed by atoms with Gasteiger partial charge >= 0.3 is 0 Å². The maximum atomic E-state index is 9.89. The summed E-state index contributed by atoms with van der Waals surface area (Å²) in [5, 5.41) is 9.89. The first-order valence-electron chi connectivity index (χ1n) is 6.53. The van der Waals surface area contributed by atoms with Crippen LogP contribution in [0.25, 0.3) is 0 Å². The highest BCUT2D eigenvalue weighted by molar-refractivity contribution is 4.78. The summed E-state index contributed by atoms with van der Waals surface area (Å²) < 4.78 is 0. The summed E-state index contributed by atoms with van der Waals surface area (Å²) >= 11 is 0. The van der Waals surface area contributed by atoms with Crippen LogP contribution in [0, 0.1) is 11.8 Å². The molecule has 0 amide bonds. The molecule has 1 aliphatic carbocycles. The lowest BCUT2D eigenvalue weighted by atomic mass is 9.83. The molecule has 0 spiro atoms. The Morgan fingerprint density at radius 1 is 1.20 bits per heavy atom. The van der Waals surface area contributed by atoms with Crippen LogP contribution in [0.5, 0.6) is 0 Å². The summed E-state index contributed by atoms with van der Waals surface area (Å²) in [6, 6.07) is -0.00417. The van der Waals surface area contributed by atoms with Crippen molar-refractivity contribution in [2.24, 2.45) is 17.6 Å². The Labute approximate surface area is 94.2 Å². The normalized spacial score (nSPS) is 23.0. The molecule has 2 nitrogen and oxygen atoms in total. The lowest BCUT2D eigenvalue weighted by Gasteiger charge is -2.27. The molecule has 15 heavy (non-hydrogen) atoms. The summed E-state index contributed by atoms with van der Waals surface area (Å²) in [6.07, 6.45) is 8.31. The second kappa shape index (κ2) is 6.49. The Bertz CT molecular complexity index is 164. The van der Waals surface area contributed by atoms with E-state index < -0.39 is 0 Å². The van der Waals surface area contributed by atoms with Gasteiger partial charge in [-0.2, -0.15) is 0 Å². The molecule has 90 valence electrons. The smallest absolute Gasteiger partial charge is 0.0693 e. The Kier molecular flexibility index (Phi) is 5.62. The average Bonchev–Trinajstić information content (AvgIpc) is 2.18. The van der Waals surface area contributed by atoms with E-state index in [0.29, 0.717) is 5.92 Å². The monoisotopic (exact) mass is 213 g/mol. The lowest BCUT2D eigenvalue weighted by Crippen LogP contribution is -2.37. The first-order chi connectivity index (χ1) is 7.09. The van der Waals surface area contributed by atoms with E-state index in [-0.39, 0.29) is 12.1 Å². The number of aliphatic hydroxyl groups is 1. The largest absolute Gasteiger partial charge is 0.392 e. The SMILES string of the molecule is CC(C)CC(O)C(N)CC1CCCCC1. The van der Waals surface area contributed by atoms with Crippen LogP contribution in [-0.4, -0.2) is 17.3 Å². The summed E-state index contributed by atoms with van der Waals surface area (Å²) in [5.41, 5.74) is 6.05. The molecule has 0 radical (unpaired) electrons. The van der Waals surface area contributed by atoms with E-state index in [1.165, 1.54) is 32.1 Å². The van der Waals surface area contributed by atoms with Gasteiger partial charge in [-0.25, -0.2) is 0 Å². The second-order valence-corrected chi connectivity index (χ2v) is 5.60. The molecule has 1 fully saturated rings. The second-order valence-electron chi connectivity index (χ2n) is 5.60. The van der Waals surface area contributed by atoms with Gasteiger partial charge < -0.3 is 10.8 Å². The summed E-state index contributed by atoms with van der Waals surface area (Å²) in [5.74, 6) is 1.31. The fourth-order valence-corrected chi connectivity index (χ4v) is 2.62. The molecule has 1 aliphatic rings. The molecule has 3 N–H and O–H groups in total. The van der Waals surface area contributed by atoms with Crippen molar-refractivity contribution in [1.29, 1.82) is 0 Å². The van der Waals surface area contributed by atoms with E-state index in [2.05, 4.69) is 13.8 Å². The Morgan fingerprint density at radius 3 is 2.33 bits per heavy atom. The van der Waals surface area contributed by atoms with Gasteiger partial charge in [-0.05, 0) is 24.7 Å². The summed E-state index contributed by atoms with van der Waals surface area (Å²) in [4.78, 5) is 0. The van der Waals surface area contributed by atoms with Crippen LogP contribution >= 0.6 is 0 Å². The van der Waals surface area contributed by atoms with Gasteiger partial charge in [0.05, 0.1) is 6.10 Å². The van der Waals surface area contributed by atoms with Crippen molar-refractivity contribution in [3.05, 3.63) is 0 Å². The van der Waals surface area contributed by atoms with Crippen molar-refractivity contribution >= 4 is 0 Å². The summed E-state index contributed by atoms with van der Waals surface area (Å²) in [6.45, 7) is 4.27. The fraction of sp³-hybridized carbons (Fsp3) is 1.00. The van der Waals surface area contributed by atoms with Crippen LogP contribution in [0.2, 0.25) is 0 Å². The van der Waals surface area contributed by atoms with Gasteiger partial charge in [-0.1, -0.05) is 46.0 Å². The van der Waals surface area contributed by atoms with E-state index in [9.17, 15) is 5.11 Å². The standard InChI is InChI=1S/C13H27NO/c1-10(2)8-13(15)12(14)9-11-6-4-3-5-7-11/h10-13,15H,3-9,14H2,1-2H3. The summed E-state index contributed by atoms with van der Waals surface area (Å²) in [7, 11) is 0. The highest BCUT2D eigenvalue weighted by Crippen LogP contribution is 2.28. The molecule has 0 aromatic heterocycles. The molecule has 0 aliphatic heterocycles. The minimum absolute atomic E-state index is 0.00417. The minimum atomic E-state index is -0.299. The van der Waals surface area contributed by atoms with Crippen molar-refractivity contribution in [1.82, 2.24) is 0 Å². The highest BCUT2D eigenvalue weighted by atomic mass is 16.3. The van der Waals surface area contributed by atoms with Crippen LogP contribution in [-0.2, 0) is 0 Å². The molecule has 2 atom stereocenters. The Morgan fingerprint density at radius 2 is 1.80 bits per heavy atom. The van der Waals surface area contributed by atoms with Gasteiger partial charge in [-0.3, -0.25) is 0 Å². The van der Waals surface area contributed by atoms with Gasteiger partial charge in [0.2, 0.25) is 0 Å². The van der Waals surface area contributed by atoms with E-state index in [4.69, 9.17) is 5.73 Å². The molecular formula is C13H27NO. The molecule has 0 bridgehead atoms. The zero-order valence-corrected chi connectivity index (χ0v) is 10.3. The molecular weight excluding hydrogens is 186 g/mol. The van der Waals surface area contributed by atoms with Crippen molar-refractivity contribution in [2.45, 2.75) is 70.9 Å². The maximum Gasteiger partial charge on any atom is 0.0693 e. The Balaban J connectivity index is 2.23. The molecule has 2 unspecified atom stereocenters. The molecule has 0 saturated heterocycles. The Hall–Kier alpha value is -0.0800. The van der Waals surface area contributed by atoms with Gasteiger partial charge in [0, 0.05) is 6.04 Å². The zero-order valence-electron chi connectivity index (χ0n) is 10.3. The third-order valence-electron chi connectivity index (χ3n) is 3.54. The number of rotatable bonds is 5. The number of hydrogen-bond acceptors (Lipinski definition) is 2. The quantitative estimate of drug-likeness (QED) is 0.737. The van der Waals surface area contributed by atoms with Crippen LogP contribution in [0.3, 0.4) is 0 Å². The predicted molar refractivity (Wildman–Crippen MR) is 64.6 cm³/mol. The van der Waals surface area contributed by atoms with E-state index in [1.54, 1.807) is 0 Å². The van der Waals surface area contributed by atoms with Crippen molar-refractivity contribution in [3.8, 4) is 0 Å². The van der Waals surface area contributed by atoms with Crippen LogP contribution in [0.4, 0.5) is 0 Å². The number of hydrogen-bond donors (Lipinski definition) is 2. The van der Waals surface area contributed by atoms with Crippen LogP contribution in [0.1, 0.15) is 58.8 Å². The third kappa shape index (κ3) is 4.98. The lowest BCUT2D eigenvalue weighted by molar-refractivity contribution is 0.106. The van der Waals surface area contributed by atoms with Crippen molar-refractivity contribution in [3.63, 3.8) is 0 Å². The molecule has 0 aromatic rings. The maximum absolute atomic E-state index is 9.89. The number of nitrogens with two attached hydrogens (primary N) is 1. The van der Waals surface area contributed by atoms with Crippen LogP contribution in [0.15, 0.2) is 0 Å². The van der Waals surface area contributed by atoms with Crippen molar-refractivity contribution < 1.29 is 5.11 Å². The topological polar surface area (TPSA) is 46.2 Å². The average molecular weight is 213 g/mol.